The first-order valence-corrected chi connectivity index (χ1v) is 10.6. The molecule has 1 heterocycles. The Morgan fingerprint density at radius 2 is 1.80 bits per heavy atom. The molecule has 0 atom stereocenters. The number of pyridine rings is 1. The van der Waals surface area contributed by atoms with Crippen LogP contribution in [-0.2, 0) is 23.4 Å². The van der Waals surface area contributed by atoms with Gasteiger partial charge in [0.15, 0.2) is 0 Å². The zero-order valence-electron chi connectivity index (χ0n) is 17.4. The minimum absolute atomic E-state index is 0.0781. The fourth-order valence-electron chi connectivity index (χ4n) is 2.96. The molecule has 0 saturated carbocycles. The maximum absolute atomic E-state index is 11.7. The van der Waals surface area contributed by atoms with Gasteiger partial charge < -0.3 is 15.3 Å². The number of nitrogens with zero attached hydrogens (tertiary/aromatic N) is 4. The van der Waals surface area contributed by atoms with Gasteiger partial charge in [-0.15, -0.1) is 11.8 Å². The van der Waals surface area contributed by atoms with Crippen molar-refractivity contribution in [3.63, 3.8) is 0 Å². The second-order valence-electron chi connectivity index (χ2n) is 6.80. The lowest BCUT2D eigenvalue weighted by Crippen LogP contribution is -2.27. The fraction of sp³-hybridized carbons (Fsp3) is 0.364. The molecule has 2 aromatic rings. The van der Waals surface area contributed by atoms with Gasteiger partial charge in [0.2, 0.25) is 5.91 Å². The highest BCUT2D eigenvalue weighted by atomic mass is 32.2. The van der Waals surface area contributed by atoms with Crippen molar-refractivity contribution in [1.82, 2.24) is 10.3 Å². The van der Waals surface area contributed by atoms with E-state index in [4.69, 9.17) is 5.11 Å². The highest BCUT2D eigenvalue weighted by Crippen LogP contribution is 2.32. The van der Waals surface area contributed by atoms with E-state index in [0.29, 0.717) is 34.1 Å². The van der Waals surface area contributed by atoms with Crippen LogP contribution in [0, 0.1) is 22.7 Å². The van der Waals surface area contributed by atoms with Gasteiger partial charge in [-0.3, -0.25) is 4.79 Å². The largest absolute Gasteiger partial charge is 0.395 e. The van der Waals surface area contributed by atoms with Gasteiger partial charge in [0.1, 0.15) is 23.0 Å². The molecule has 0 aliphatic rings. The van der Waals surface area contributed by atoms with Crippen molar-refractivity contribution in [3.05, 3.63) is 52.1 Å². The number of rotatable bonds is 9. The van der Waals surface area contributed by atoms with Gasteiger partial charge >= 0.3 is 0 Å². The van der Waals surface area contributed by atoms with Gasteiger partial charge in [-0.05, 0) is 23.1 Å². The summed E-state index contributed by atoms with van der Waals surface area (Å²) in [5, 5.41) is 31.2. The van der Waals surface area contributed by atoms with Crippen LogP contribution >= 0.6 is 11.8 Å². The molecule has 0 bridgehead atoms. The van der Waals surface area contributed by atoms with E-state index in [9.17, 15) is 15.3 Å². The summed E-state index contributed by atoms with van der Waals surface area (Å²) in [6, 6.07) is 12.1. The Morgan fingerprint density at radius 1 is 1.17 bits per heavy atom. The molecule has 0 unspecified atom stereocenters. The second kappa shape index (κ2) is 11.2. The number of anilines is 1. The lowest BCUT2D eigenvalue weighted by Gasteiger charge is -2.18. The Bertz CT molecular complexity index is 975. The van der Waals surface area contributed by atoms with Gasteiger partial charge in [-0.25, -0.2) is 4.98 Å². The van der Waals surface area contributed by atoms with E-state index >= 15 is 0 Å². The molecule has 0 saturated heterocycles. The number of aliphatic hydroxyl groups excluding tert-OH is 1. The van der Waals surface area contributed by atoms with E-state index < -0.39 is 0 Å². The molecule has 7 nitrogen and oxygen atoms in total. The number of thioether (sulfide) groups is 1. The Balaban J connectivity index is 2.19. The number of aliphatic hydroxyl groups is 1. The van der Waals surface area contributed by atoms with E-state index in [-0.39, 0.29) is 25.5 Å². The summed E-state index contributed by atoms with van der Waals surface area (Å²) in [6.45, 7) is 2.10. The van der Waals surface area contributed by atoms with Gasteiger partial charge in [0.05, 0.1) is 24.2 Å². The molecule has 1 aromatic carbocycles. The highest BCUT2D eigenvalue weighted by Gasteiger charge is 2.20. The number of nitrogens with one attached hydrogen (secondary N) is 1. The number of aromatic nitrogens is 1. The van der Waals surface area contributed by atoms with Crippen molar-refractivity contribution >= 4 is 23.5 Å². The lowest BCUT2D eigenvalue weighted by atomic mass is 10.0. The maximum Gasteiger partial charge on any atom is 0.224 e. The predicted molar refractivity (Wildman–Crippen MR) is 117 cm³/mol. The predicted octanol–water partition coefficient (Wildman–Crippen LogP) is 2.40. The SMILES string of the molecule is CCc1c(C#N)c(SCc2ccc(CC(=O)NCCO)cc2)nc(N(C)C)c1C#N. The standard InChI is InChI=1S/C22H25N5O2S/c1-4-17-18(12-23)21(27(2)3)26-22(19(17)13-24)30-14-16-7-5-15(6-8-16)11-20(29)25-9-10-28/h5-8,28H,4,9-11,14H2,1-3H3,(H,25,29). The first-order valence-electron chi connectivity index (χ1n) is 9.57. The highest BCUT2D eigenvalue weighted by molar-refractivity contribution is 7.98. The topological polar surface area (TPSA) is 113 Å². The monoisotopic (exact) mass is 423 g/mol. The maximum atomic E-state index is 11.7. The summed E-state index contributed by atoms with van der Waals surface area (Å²) in [6.07, 6.45) is 0.838. The molecule has 0 radical (unpaired) electrons. The van der Waals surface area contributed by atoms with Gasteiger partial charge in [0.25, 0.3) is 0 Å². The quantitative estimate of drug-likeness (QED) is 0.595. The molecular weight excluding hydrogens is 398 g/mol. The number of amides is 1. The summed E-state index contributed by atoms with van der Waals surface area (Å²) in [5.41, 5.74) is 3.56. The van der Waals surface area contributed by atoms with Crippen LogP contribution in [0.2, 0.25) is 0 Å². The summed E-state index contributed by atoms with van der Waals surface area (Å²) in [4.78, 5) is 18.1. The van der Waals surface area contributed by atoms with Crippen molar-refractivity contribution in [1.29, 1.82) is 10.5 Å². The molecule has 0 spiro atoms. The third kappa shape index (κ3) is 5.73. The van der Waals surface area contributed by atoms with E-state index in [1.54, 1.807) is 4.90 Å². The van der Waals surface area contributed by atoms with Crippen LogP contribution in [0.1, 0.15) is 34.7 Å². The molecule has 1 amide bonds. The summed E-state index contributed by atoms with van der Waals surface area (Å²) < 4.78 is 0. The third-order valence-corrected chi connectivity index (χ3v) is 5.49. The Kier molecular flexibility index (Phi) is 8.67. The average molecular weight is 424 g/mol. The van der Waals surface area contributed by atoms with Crippen molar-refractivity contribution in [3.8, 4) is 12.1 Å². The fourth-order valence-corrected chi connectivity index (χ4v) is 3.92. The molecule has 2 rings (SSSR count). The van der Waals surface area contributed by atoms with E-state index in [1.165, 1.54) is 11.8 Å². The molecule has 1 aromatic heterocycles. The Labute approximate surface area is 181 Å². The average Bonchev–Trinajstić information content (AvgIpc) is 2.75. The van der Waals surface area contributed by atoms with Gasteiger partial charge in [-0.2, -0.15) is 10.5 Å². The third-order valence-electron chi connectivity index (χ3n) is 4.45. The summed E-state index contributed by atoms with van der Waals surface area (Å²) >= 11 is 1.46. The number of benzene rings is 1. The minimum Gasteiger partial charge on any atom is -0.395 e. The number of nitriles is 2. The zero-order chi connectivity index (χ0) is 22.1. The van der Waals surface area contributed by atoms with Crippen LogP contribution in [0.3, 0.4) is 0 Å². The minimum atomic E-state index is -0.130. The molecule has 0 aliphatic heterocycles. The van der Waals surface area contributed by atoms with Crippen molar-refractivity contribution in [2.75, 3.05) is 32.1 Å². The molecule has 0 aliphatic carbocycles. The first-order chi connectivity index (χ1) is 14.4. The smallest absolute Gasteiger partial charge is 0.224 e. The normalized spacial score (nSPS) is 10.2. The van der Waals surface area contributed by atoms with E-state index in [0.717, 1.165) is 16.7 Å². The van der Waals surface area contributed by atoms with Crippen molar-refractivity contribution < 1.29 is 9.90 Å². The van der Waals surface area contributed by atoms with Gasteiger partial charge in [0, 0.05) is 26.4 Å². The Hall–Kier alpha value is -3.07. The van der Waals surface area contributed by atoms with Crippen LogP contribution in [0.25, 0.3) is 0 Å². The van der Waals surface area contributed by atoms with E-state index in [1.807, 2.05) is 45.3 Å². The van der Waals surface area contributed by atoms with Crippen molar-refractivity contribution in [2.24, 2.45) is 0 Å². The molecule has 30 heavy (non-hydrogen) atoms. The first kappa shape index (κ1) is 23.2. The Morgan fingerprint density at radius 3 is 2.33 bits per heavy atom. The van der Waals surface area contributed by atoms with E-state index in [2.05, 4.69) is 22.4 Å². The summed E-state index contributed by atoms with van der Waals surface area (Å²) in [5.74, 6) is 1.05. The number of hydrogen-bond donors (Lipinski definition) is 2. The van der Waals surface area contributed by atoms with Crippen LogP contribution in [-0.4, -0.2) is 43.2 Å². The van der Waals surface area contributed by atoms with Gasteiger partial charge in [-0.1, -0.05) is 31.2 Å². The molecule has 156 valence electrons. The number of hydrogen-bond acceptors (Lipinski definition) is 7. The summed E-state index contributed by atoms with van der Waals surface area (Å²) in [7, 11) is 3.66. The zero-order valence-corrected chi connectivity index (χ0v) is 18.2. The molecule has 0 fully saturated rings. The second-order valence-corrected chi connectivity index (χ2v) is 7.76. The molecule has 8 heteroatoms. The number of carbonyl (C=O) groups is 1. The number of carbonyl (C=O) groups excluding carboxylic acids is 1. The van der Waals surface area contributed by atoms with Crippen LogP contribution < -0.4 is 10.2 Å². The van der Waals surface area contributed by atoms with Crippen LogP contribution in [0.4, 0.5) is 5.82 Å². The van der Waals surface area contributed by atoms with Crippen LogP contribution in [0.5, 0.6) is 0 Å². The van der Waals surface area contributed by atoms with Crippen LogP contribution in [0.15, 0.2) is 29.3 Å². The lowest BCUT2D eigenvalue weighted by molar-refractivity contribution is -0.120. The molecular formula is C22H25N5O2S. The van der Waals surface area contributed by atoms with Crippen molar-refractivity contribution in [2.45, 2.75) is 30.5 Å². The molecule has 2 N–H and O–H groups in total.